The highest BCUT2D eigenvalue weighted by Gasteiger charge is 1.89. The summed E-state index contributed by atoms with van der Waals surface area (Å²) in [5, 5.41) is 1.58. The highest BCUT2D eigenvalue weighted by molar-refractivity contribution is 8.17. The Balaban J connectivity index is 3.62. The maximum atomic E-state index is 5.31. The van der Waals surface area contributed by atoms with E-state index in [0.29, 0.717) is 5.03 Å². The van der Waals surface area contributed by atoms with Crippen LogP contribution in [-0.2, 0) is 0 Å². The van der Waals surface area contributed by atoms with Crippen LogP contribution in [0.2, 0.25) is 0 Å². The molecular weight excluding hydrogens is 132 g/mol. The van der Waals surface area contributed by atoms with Gasteiger partial charge < -0.3 is 5.73 Å². The van der Waals surface area contributed by atoms with E-state index in [2.05, 4.69) is 11.6 Å². The van der Waals surface area contributed by atoms with Crippen molar-refractivity contribution in [2.45, 2.75) is 13.8 Å². The van der Waals surface area contributed by atoms with Gasteiger partial charge >= 0.3 is 0 Å². The highest BCUT2D eigenvalue weighted by Crippen LogP contribution is 2.08. The molecule has 0 aliphatic rings. The van der Waals surface area contributed by atoms with E-state index < -0.39 is 0 Å². The number of thioether (sulfide) groups is 1. The van der Waals surface area contributed by atoms with E-state index in [-0.39, 0.29) is 0 Å². The van der Waals surface area contributed by atoms with Crippen LogP contribution in [0, 0.1) is 0 Å². The molecule has 0 unspecified atom stereocenters. The lowest BCUT2D eigenvalue weighted by Crippen LogP contribution is -1.93. The molecule has 0 aromatic carbocycles. The summed E-state index contributed by atoms with van der Waals surface area (Å²) in [5.41, 5.74) is 5.31. The largest absolute Gasteiger partial charge is 0.394 e. The minimum atomic E-state index is 0.602. The zero-order valence-electron chi connectivity index (χ0n) is 5.85. The van der Waals surface area contributed by atoms with Gasteiger partial charge in [0.05, 0.1) is 10.1 Å². The average Bonchev–Trinajstić information content (AvgIpc) is 1.63. The fraction of sp³-hybridized carbons (Fsp3) is 0.500. The Labute approximate surface area is 60.2 Å². The number of aliphatic imine (C=N–C) groups is 1. The quantitative estimate of drug-likeness (QED) is 0.472. The molecule has 0 atom stereocenters. The van der Waals surface area contributed by atoms with Crippen molar-refractivity contribution in [1.29, 1.82) is 0 Å². The Morgan fingerprint density at radius 1 is 1.78 bits per heavy atom. The summed E-state index contributed by atoms with van der Waals surface area (Å²) in [6.07, 6.45) is 0. The van der Waals surface area contributed by atoms with Gasteiger partial charge in [0.25, 0.3) is 0 Å². The Morgan fingerprint density at radius 2 is 2.33 bits per heavy atom. The first kappa shape index (κ1) is 8.56. The fourth-order valence-electron chi connectivity index (χ4n) is 0.445. The molecular formula is C6H12N2S. The Bertz CT molecular complexity index is 129. The van der Waals surface area contributed by atoms with Crippen LogP contribution in [0.25, 0.3) is 0 Å². The predicted octanol–water partition coefficient (Wildman–Crippen LogP) is 1.59. The average molecular weight is 144 g/mol. The molecule has 0 radical (unpaired) electrons. The first-order valence-corrected chi connectivity index (χ1v) is 3.61. The van der Waals surface area contributed by atoms with Crippen molar-refractivity contribution in [2.24, 2.45) is 10.7 Å². The third kappa shape index (κ3) is 5.43. The molecule has 0 saturated heterocycles. The summed E-state index contributed by atoms with van der Waals surface area (Å²) < 4.78 is 0. The second-order valence-corrected chi connectivity index (χ2v) is 2.88. The monoisotopic (exact) mass is 144 g/mol. The van der Waals surface area contributed by atoms with Crippen LogP contribution in [0.4, 0.5) is 0 Å². The number of hydrogen-bond donors (Lipinski definition) is 1. The molecule has 0 rings (SSSR count). The summed E-state index contributed by atoms with van der Waals surface area (Å²) in [4.78, 5) is 4.10. The van der Waals surface area contributed by atoms with Crippen LogP contribution in [-0.4, -0.2) is 11.6 Å². The maximum absolute atomic E-state index is 5.31. The van der Waals surface area contributed by atoms with E-state index in [1.54, 1.807) is 0 Å². The van der Waals surface area contributed by atoms with Crippen molar-refractivity contribution >= 4 is 16.8 Å². The second kappa shape index (κ2) is 4.44. The van der Waals surface area contributed by atoms with Gasteiger partial charge in [-0.05, 0) is 13.8 Å². The minimum absolute atomic E-state index is 0.602. The lowest BCUT2D eigenvalue weighted by atomic mass is 10.7. The summed E-state index contributed by atoms with van der Waals surface area (Å²) in [6, 6.07) is 0. The van der Waals surface area contributed by atoms with Crippen molar-refractivity contribution in [1.82, 2.24) is 0 Å². The van der Waals surface area contributed by atoms with Gasteiger partial charge in [-0.25, -0.2) is 0 Å². The first-order chi connectivity index (χ1) is 4.16. The van der Waals surface area contributed by atoms with Gasteiger partial charge in [0.15, 0.2) is 0 Å². The van der Waals surface area contributed by atoms with E-state index in [4.69, 9.17) is 5.73 Å². The molecule has 0 spiro atoms. The second-order valence-electron chi connectivity index (χ2n) is 1.56. The third-order valence-corrected chi connectivity index (χ3v) is 1.35. The molecule has 2 nitrogen and oxygen atoms in total. The summed E-state index contributed by atoms with van der Waals surface area (Å²) in [6.45, 7) is 8.26. The third-order valence-electron chi connectivity index (χ3n) is 0.660. The van der Waals surface area contributed by atoms with Crippen LogP contribution < -0.4 is 5.73 Å². The van der Waals surface area contributed by atoms with Crippen molar-refractivity contribution < 1.29 is 0 Å². The van der Waals surface area contributed by atoms with Crippen LogP contribution in [0.1, 0.15) is 13.8 Å². The van der Waals surface area contributed by atoms with E-state index >= 15 is 0 Å². The molecule has 0 aliphatic carbocycles. The fourth-order valence-corrected chi connectivity index (χ4v) is 1.02. The van der Waals surface area contributed by atoms with Crippen LogP contribution >= 0.6 is 11.8 Å². The molecule has 0 aromatic rings. The standard InChI is InChI=1S/C6H12N2S/c1-4-8-6(3)9-5(2)7/h2,4,7H2,1,3H3. The number of nitrogens with two attached hydrogens (primary N) is 1. The van der Waals surface area contributed by atoms with E-state index in [9.17, 15) is 0 Å². The van der Waals surface area contributed by atoms with Crippen LogP contribution in [0.5, 0.6) is 0 Å². The number of hydrogen-bond acceptors (Lipinski definition) is 3. The molecule has 0 bridgehead atoms. The molecule has 0 heterocycles. The zero-order valence-corrected chi connectivity index (χ0v) is 6.66. The topological polar surface area (TPSA) is 38.4 Å². The summed E-state index contributed by atoms with van der Waals surface area (Å²) >= 11 is 1.41. The normalized spacial score (nSPS) is 11.6. The Kier molecular flexibility index (Phi) is 4.22. The van der Waals surface area contributed by atoms with Crippen molar-refractivity contribution in [3.05, 3.63) is 11.6 Å². The molecule has 0 fully saturated rings. The molecule has 0 saturated carbocycles. The molecule has 9 heavy (non-hydrogen) atoms. The van der Waals surface area contributed by atoms with E-state index in [1.807, 2.05) is 13.8 Å². The zero-order chi connectivity index (χ0) is 7.28. The maximum Gasteiger partial charge on any atom is 0.0706 e. The van der Waals surface area contributed by atoms with Gasteiger partial charge in [-0.3, -0.25) is 4.99 Å². The van der Waals surface area contributed by atoms with E-state index in [0.717, 1.165) is 11.6 Å². The predicted molar refractivity (Wildman–Crippen MR) is 44.6 cm³/mol. The van der Waals surface area contributed by atoms with Crippen molar-refractivity contribution in [3.63, 3.8) is 0 Å². The highest BCUT2D eigenvalue weighted by atomic mass is 32.2. The van der Waals surface area contributed by atoms with Gasteiger partial charge in [-0.15, -0.1) is 0 Å². The smallest absolute Gasteiger partial charge is 0.0706 e. The van der Waals surface area contributed by atoms with Crippen molar-refractivity contribution in [3.8, 4) is 0 Å². The van der Waals surface area contributed by atoms with Crippen LogP contribution in [0.15, 0.2) is 16.6 Å². The molecule has 0 aromatic heterocycles. The molecule has 3 heteroatoms. The molecule has 2 N–H and O–H groups in total. The lowest BCUT2D eigenvalue weighted by Gasteiger charge is -1.95. The first-order valence-electron chi connectivity index (χ1n) is 2.80. The minimum Gasteiger partial charge on any atom is -0.394 e. The summed E-state index contributed by atoms with van der Waals surface area (Å²) in [5.74, 6) is 0. The van der Waals surface area contributed by atoms with Gasteiger partial charge in [-0.1, -0.05) is 18.3 Å². The van der Waals surface area contributed by atoms with Gasteiger partial charge in [0.1, 0.15) is 0 Å². The SMILES string of the molecule is C=C(N)SC(C)=NCC. The van der Waals surface area contributed by atoms with Gasteiger partial charge in [-0.2, -0.15) is 0 Å². The lowest BCUT2D eigenvalue weighted by molar-refractivity contribution is 1.13. The number of rotatable bonds is 2. The molecule has 52 valence electrons. The number of nitrogens with zero attached hydrogens (tertiary/aromatic N) is 1. The summed E-state index contributed by atoms with van der Waals surface area (Å²) in [7, 11) is 0. The Hall–Kier alpha value is -0.440. The molecule has 0 amide bonds. The van der Waals surface area contributed by atoms with Crippen molar-refractivity contribution in [2.75, 3.05) is 6.54 Å². The van der Waals surface area contributed by atoms with Crippen LogP contribution in [0.3, 0.4) is 0 Å². The molecule has 0 aliphatic heterocycles. The van der Waals surface area contributed by atoms with E-state index in [1.165, 1.54) is 11.8 Å². The van der Waals surface area contributed by atoms with Gasteiger partial charge in [0.2, 0.25) is 0 Å². The Morgan fingerprint density at radius 3 is 2.67 bits per heavy atom. The van der Waals surface area contributed by atoms with Gasteiger partial charge in [0, 0.05) is 6.54 Å².